The molecule has 0 saturated heterocycles. The number of amides is 1. The number of halogens is 1. The van der Waals surface area contributed by atoms with Gasteiger partial charge >= 0.3 is 0 Å². The Bertz CT molecular complexity index is 513. The first kappa shape index (κ1) is 12.5. The van der Waals surface area contributed by atoms with Crippen molar-refractivity contribution in [2.24, 2.45) is 0 Å². The summed E-state index contributed by atoms with van der Waals surface area (Å²) in [6.07, 6.45) is 1.63. The molecule has 6 heteroatoms. The minimum Gasteiger partial charge on any atom is -0.484 e. The predicted molar refractivity (Wildman–Crippen MR) is 67.4 cm³/mol. The summed E-state index contributed by atoms with van der Waals surface area (Å²) in [4.78, 5) is 17.2. The third-order valence-corrected chi connectivity index (χ3v) is 3.10. The van der Waals surface area contributed by atoms with Crippen molar-refractivity contribution in [3.05, 3.63) is 41.7 Å². The highest BCUT2D eigenvalue weighted by Gasteiger charge is 2.13. The molecule has 4 nitrogen and oxygen atoms in total. The van der Waals surface area contributed by atoms with Crippen molar-refractivity contribution in [2.75, 3.05) is 18.6 Å². The molecule has 18 heavy (non-hydrogen) atoms. The summed E-state index contributed by atoms with van der Waals surface area (Å²) in [5.41, 5.74) is 0. The topological polar surface area (TPSA) is 42.4 Å². The lowest BCUT2D eigenvalue weighted by atomic mass is 10.3. The van der Waals surface area contributed by atoms with Gasteiger partial charge in [-0.25, -0.2) is 9.37 Å². The van der Waals surface area contributed by atoms with Gasteiger partial charge in [0.25, 0.3) is 5.91 Å². The number of benzene rings is 1. The maximum atomic E-state index is 12.7. The highest BCUT2D eigenvalue weighted by molar-refractivity contribution is 7.13. The number of aromatic nitrogens is 1. The highest BCUT2D eigenvalue weighted by Crippen LogP contribution is 2.16. The fourth-order valence-electron chi connectivity index (χ4n) is 1.26. The van der Waals surface area contributed by atoms with E-state index in [1.807, 2.05) is 0 Å². The Hall–Kier alpha value is -1.95. The van der Waals surface area contributed by atoms with Crippen LogP contribution in [0.5, 0.6) is 5.75 Å². The molecule has 0 aliphatic carbocycles. The average Bonchev–Trinajstić information content (AvgIpc) is 2.90. The number of hydrogen-bond donors (Lipinski definition) is 0. The number of ether oxygens (including phenoxy) is 1. The fraction of sp³-hybridized carbons (Fsp3) is 0.167. The number of thiazole rings is 1. The zero-order valence-corrected chi connectivity index (χ0v) is 10.5. The third kappa shape index (κ3) is 3.04. The summed E-state index contributed by atoms with van der Waals surface area (Å²) in [5, 5.41) is 2.41. The van der Waals surface area contributed by atoms with Gasteiger partial charge < -0.3 is 4.74 Å². The number of carbonyl (C=O) groups is 1. The maximum absolute atomic E-state index is 12.7. The minimum absolute atomic E-state index is 0.109. The zero-order chi connectivity index (χ0) is 13.0. The lowest BCUT2D eigenvalue weighted by Gasteiger charge is -2.14. The van der Waals surface area contributed by atoms with Gasteiger partial charge in [-0.05, 0) is 24.3 Å². The fourth-order valence-corrected chi connectivity index (χ4v) is 1.89. The standard InChI is InChI=1S/C12H11FN2O2S/c1-15(12-14-6-7-18-12)11(16)8-17-10-4-2-9(13)3-5-10/h2-7H,8H2,1H3. The van der Waals surface area contributed by atoms with Crippen LogP contribution in [-0.2, 0) is 4.79 Å². The van der Waals surface area contributed by atoms with Crippen LogP contribution in [0.25, 0.3) is 0 Å². The van der Waals surface area contributed by atoms with Crippen molar-refractivity contribution >= 4 is 22.4 Å². The highest BCUT2D eigenvalue weighted by atomic mass is 32.1. The van der Waals surface area contributed by atoms with Crippen LogP contribution < -0.4 is 9.64 Å². The van der Waals surface area contributed by atoms with Crippen molar-refractivity contribution < 1.29 is 13.9 Å². The van der Waals surface area contributed by atoms with Crippen LogP contribution in [0.2, 0.25) is 0 Å². The summed E-state index contributed by atoms with van der Waals surface area (Å²) in [7, 11) is 1.63. The number of likely N-dealkylation sites (N-methyl/N-ethyl adjacent to an activating group) is 1. The second kappa shape index (κ2) is 5.59. The largest absolute Gasteiger partial charge is 0.484 e. The normalized spacial score (nSPS) is 10.1. The summed E-state index contributed by atoms with van der Waals surface area (Å²) in [6.45, 7) is -0.109. The third-order valence-electron chi connectivity index (χ3n) is 2.26. The van der Waals surface area contributed by atoms with E-state index in [1.165, 1.54) is 40.5 Å². The molecular formula is C12H11FN2O2S. The van der Waals surface area contributed by atoms with E-state index in [4.69, 9.17) is 4.74 Å². The first-order valence-electron chi connectivity index (χ1n) is 5.21. The molecule has 2 rings (SSSR count). The van der Waals surface area contributed by atoms with E-state index >= 15 is 0 Å². The Balaban J connectivity index is 1.90. The first-order valence-corrected chi connectivity index (χ1v) is 6.09. The predicted octanol–water partition coefficient (Wildman–Crippen LogP) is 2.32. The number of nitrogens with zero attached hydrogens (tertiary/aromatic N) is 2. The molecule has 0 unspecified atom stereocenters. The van der Waals surface area contributed by atoms with Gasteiger partial charge in [-0.1, -0.05) is 0 Å². The number of rotatable bonds is 4. The smallest absolute Gasteiger partial charge is 0.266 e. The SMILES string of the molecule is CN(C(=O)COc1ccc(F)cc1)c1nccs1. The molecule has 0 N–H and O–H groups in total. The molecule has 0 fully saturated rings. The van der Waals surface area contributed by atoms with Crippen molar-refractivity contribution in [3.8, 4) is 5.75 Å². The summed E-state index contributed by atoms with van der Waals surface area (Å²) in [6, 6.07) is 5.52. The molecule has 2 aromatic rings. The average molecular weight is 266 g/mol. The van der Waals surface area contributed by atoms with Crippen LogP contribution in [0.1, 0.15) is 0 Å². The van der Waals surface area contributed by atoms with Crippen LogP contribution in [0.15, 0.2) is 35.8 Å². The van der Waals surface area contributed by atoms with Gasteiger partial charge in [0.2, 0.25) is 0 Å². The van der Waals surface area contributed by atoms with Crippen molar-refractivity contribution in [3.63, 3.8) is 0 Å². The van der Waals surface area contributed by atoms with Gasteiger partial charge in [0.1, 0.15) is 11.6 Å². The Labute approximate surface area is 108 Å². The van der Waals surface area contributed by atoms with Crippen LogP contribution in [0.4, 0.5) is 9.52 Å². The van der Waals surface area contributed by atoms with Crippen LogP contribution >= 0.6 is 11.3 Å². The van der Waals surface area contributed by atoms with Gasteiger partial charge in [0.05, 0.1) is 0 Å². The molecule has 0 aliphatic heterocycles. The van der Waals surface area contributed by atoms with Gasteiger partial charge in [-0.2, -0.15) is 0 Å². The Morgan fingerprint density at radius 3 is 2.78 bits per heavy atom. The summed E-state index contributed by atoms with van der Waals surface area (Å²) >= 11 is 1.37. The van der Waals surface area contributed by atoms with Crippen molar-refractivity contribution in [2.45, 2.75) is 0 Å². The summed E-state index contributed by atoms with van der Waals surface area (Å²) < 4.78 is 17.9. The summed E-state index contributed by atoms with van der Waals surface area (Å²) in [5.74, 6) is -0.0971. The van der Waals surface area contributed by atoms with Crippen molar-refractivity contribution in [1.29, 1.82) is 0 Å². The molecule has 1 aromatic carbocycles. The molecule has 0 atom stereocenters. The monoisotopic (exact) mass is 266 g/mol. The number of anilines is 1. The lowest BCUT2D eigenvalue weighted by Crippen LogP contribution is -2.31. The molecule has 94 valence electrons. The van der Waals surface area contributed by atoms with E-state index in [0.29, 0.717) is 10.9 Å². The second-order valence-electron chi connectivity index (χ2n) is 3.51. The van der Waals surface area contributed by atoms with Gasteiger partial charge in [0.15, 0.2) is 11.7 Å². The Morgan fingerprint density at radius 1 is 1.44 bits per heavy atom. The first-order chi connectivity index (χ1) is 8.66. The molecule has 1 aromatic heterocycles. The molecule has 1 heterocycles. The molecule has 0 saturated carbocycles. The van der Waals surface area contributed by atoms with Gasteiger partial charge in [-0.3, -0.25) is 9.69 Å². The molecule has 0 spiro atoms. The second-order valence-corrected chi connectivity index (χ2v) is 4.38. The molecular weight excluding hydrogens is 255 g/mol. The molecule has 1 amide bonds. The number of hydrogen-bond acceptors (Lipinski definition) is 4. The van der Waals surface area contributed by atoms with Crippen LogP contribution in [-0.4, -0.2) is 24.5 Å². The van der Waals surface area contributed by atoms with Crippen LogP contribution in [0.3, 0.4) is 0 Å². The molecule has 0 radical (unpaired) electrons. The van der Waals surface area contributed by atoms with E-state index < -0.39 is 0 Å². The Kier molecular flexibility index (Phi) is 3.88. The minimum atomic E-state index is -0.339. The van der Waals surface area contributed by atoms with Crippen molar-refractivity contribution in [1.82, 2.24) is 4.98 Å². The van der Waals surface area contributed by atoms with Gasteiger partial charge in [0, 0.05) is 18.6 Å². The maximum Gasteiger partial charge on any atom is 0.266 e. The van der Waals surface area contributed by atoms with E-state index in [1.54, 1.807) is 18.6 Å². The van der Waals surface area contributed by atoms with E-state index in [0.717, 1.165) is 0 Å². The van der Waals surface area contributed by atoms with Gasteiger partial charge in [-0.15, -0.1) is 11.3 Å². The van der Waals surface area contributed by atoms with E-state index in [9.17, 15) is 9.18 Å². The lowest BCUT2D eigenvalue weighted by molar-refractivity contribution is -0.120. The van der Waals surface area contributed by atoms with E-state index in [-0.39, 0.29) is 18.3 Å². The number of carbonyl (C=O) groups excluding carboxylic acids is 1. The quantitative estimate of drug-likeness (QED) is 0.853. The molecule has 0 aliphatic rings. The van der Waals surface area contributed by atoms with E-state index in [2.05, 4.69) is 4.98 Å². The molecule has 0 bridgehead atoms. The van der Waals surface area contributed by atoms with Crippen LogP contribution in [0, 0.1) is 5.82 Å². The Morgan fingerprint density at radius 2 is 2.17 bits per heavy atom. The zero-order valence-electron chi connectivity index (χ0n) is 9.67.